The molecule has 0 aromatic heterocycles. The molecule has 3 rings (SSSR count). The van der Waals surface area contributed by atoms with Crippen molar-refractivity contribution in [1.82, 2.24) is 0 Å². The summed E-state index contributed by atoms with van der Waals surface area (Å²) in [6.45, 7) is 2.13. The van der Waals surface area contributed by atoms with Gasteiger partial charge in [-0.05, 0) is 43.3 Å². The first-order chi connectivity index (χ1) is 10.8. The molecule has 0 amide bonds. The third-order valence-corrected chi connectivity index (χ3v) is 9.31. The van der Waals surface area contributed by atoms with Crippen molar-refractivity contribution in [3.63, 3.8) is 0 Å². The molecule has 1 atom stereocenters. The zero-order valence-corrected chi connectivity index (χ0v) is 14.2. The average Bonchev–Trinajstić information content (AvgIpc) is 2.58. The van der Waals surface area contributed by atoms with E-state index in [1.165, 1.54) is 15.9 Å². The van der Waals surface area contributed by atoms with Gasteiger partial charge in [-0.2, -0.15) is 0 Å². The highest BCUT2D eigenvalue weighted by Crippen LogP contribution is 2.60. The van der Waals surface area contributed by atoms with Crippen molar-refractivity contribution in [3.05, 3.63) is 91.0 Å². The maximum Gasteiger partial charge on any atom is 0.153 e. The Morgan fingerprint density at radius 3 is 1.09 bits per heavy atom. The van der Waals surface area contributed by atoms with Crippen molar-refractivity contribution < 1.29 is 0 Å². The summed E-state index contributed by atoms with van der Waals surface area (Å²) in [4.78, 5) is 0. The van der Waals surface area contributed by atoms with Gasteiger partial charge in [0, 0.05) is 0 Å². The summed E-state index contributed by atoms with van der Waals surface area (Å²) in [5.41, 5.74) is 0. The Kier molecular flexibility index (Phi) is 4.62. The molecule has 0 aliphatic carbocycles. The third-order valence-electron chi connectivity index (χ3n) is 4.02. The van der Waals surface area contributed by atoms with E-state index in [1.54, 1.807) is 0 Å². The number of hydrogen-bond acceptors (Lipinski definition) is 0. The molecule has 0 saturated heterocycles. The molecular weight excluding hydrogens is 307 g/mol. The van der Waals surface area contributed by atoms with Crippen LogP contribution in [-0.2, 0) is 0 Å². The van der Waals surface area contributed by atoms with Crippen LogP contribution in [0.4, 0.5) is 0 Å². The van der Waals surface area contributed by atoms with Gasteiger partial charge in [-0.25, -0.2) is 0 Å². The summed E-state index contributed by atoms with van der Waals surface area (Å²) in [6.07, 6.45) is 0. The van der Waals surface area contributed by atoms with E-state index in [1.807, 2.05) is 0 Å². The molecule has 0 unspecified atom stereocenters. The van der Waals surface area contributed by atoms with Gasteiger partial charge in [0.1, 0.15) is 23.2 Å². The molecule has 0 saturated carbocycles. The first-order valence-corrected chi connectivity index (χ1v) is 9.75. The van der Waals surface area contributed by atoms with Crippen LogP contribution in [0.15, 0.2) is 91.0 Å². The topological polar surface area (TPSA) is 0 Å². The molecular formula is C20H19ClP+. The molecule has 3 aromatic rings. The van der Waals surface area contributed by atoms with Gasteiger partial charge >= 0.3 is 0 Å². The van der Waals surface area contributed by atoms with Crippen LogP contribution in [-0.4, -0.2) is 5.12 Å². The van der Waals surface area contributed by atoms with Gasteiger partial charge in [0.15, 0.2) is 5.12 Å². The SMILES string of the molecule is C[C@H](Cl)[P+](c1ccccc1)(c1ccccc1)c1ccccc1. The zero-order valence-electron chi connectivity index (χ0n) is 12.6. The predicted octanol–water partition coefficient (Wildman–Crippen LogP) is 4.57. The molecule has 22 heavy (non-hydrogen) atoms. The number of alkyl halides is 1. The van der Waals surface area contributed by atoms with Crippen LogP contribution >= 0.6 is 18.9 Å². The lowest BCUT2D eigenvalue weighted by molar-refractivity contribution is 1.37. The second kappa shape index (κ2) is 6.65. The van der Waals surface area contributed by atoms with E-state index >= 15 is 0 Å². The summed E-state index contributed by atoms with van der Waals surface area (Å²) in [5, 5.41) is 4.01. The van der Waals surface area contributed by atoms with Crippen LogP contribution in [0, 0.1) is 0 Å². The number of hydrogen-bond donors (Lipinski definition) is 0. The van der Waals surface area contributed by atoms with Crippen molar-refractivity contribution in [2.75, 3.05) is 0 Å². The molecule has 0 aliphatic heterocycles. The average molecular weight is 326 g/mol. The summed E-state index contributed by atoms with van der Waals surface area (Å²) in [6, 6.07) is 32.1. The molecule has 3 aromatic carbocycles. The van der Waals surface area contributed by atoms with Gasteiger partial charge in [-0.3, -0.25) is 0 Å². The quantitative estimate of drug-likeness (QED) is 0.487. The molecule has 110 valence electrons. The lowest BCUT2D eigenvalue weighted by atomic mass is 10.4. The Balaban J connectivity index is 2.34. The molecule has 0 fully saturated rings. The highest BCUT2D eigenvalue weighted by Gasteiger charge is 2.49. The Morgan fingerprint density at radius 2 is 0.864 bits per heavy atom. The van der Waals surface area contributed by atoms with Crippen LogP contribution in [0.5, 0.6) is 0 Å². The first kappa shape index (κ1) is 15.3. The highest BCUT2D eigenvalue weighted by atomic mass is 35.5. The fourth-order valence-corrected chi connectivity index (χ4v) is 8.12. The maximum absolute atomic E-state index is 6.85. The summed E-state index contributed by atoms with van der Waals surface area (Å²) in [7, 11) is -1.86. The van der Waals surface area contributed by atoms with E-state index in [2.05, 4.69) is 97.9 Å². The molecule has 2 heteroatoms. The Hall–Kier alpha value is -1.62. The Bertz CT molecular complexity index is 612. The fourth-order valence-electron chi connectivity index (χ4n) is 3.05. The lowest BCUT2D eigenvalue weighted by Gasteiger charge is -2.29. The van der Waals surface area contributed by atoms with Crippen molar-refractivity contribution in [2.45, 2.75) is 12.0 Å². The minimum atomic E-state index is -1.86. The summed E-state index contributed by atoms with van der Waals surface area (Å²) < 4.78 is 0. The van der Waals surface area contributed by atoms with Crippen molar-refractivity contribution >= 4 is 34.8 Å². The smallest absolute Gasteiger partial charge is 0.0776 e. The molecule has 0 N–H and O–H groups in total. The van der Waals surface area contributed by atoms with Crippen molar-refractivity contribution in [3.8, 4) is 0 Å². The number of halogens is 1. The molecule has 0 bridgehead atoms. The zero-order chi connectivity index (χ0) is 15.4. The van der Waals surface area contributed by atoms with E-state index in [9.17, 15) is 0 Å². The summed E-state index contributed by atoms with van der Waals surface area (Å²) >= 11 is 6.85. The molecule has 0 heterocycles. The van der Waals surface area contributed by atoms with E-state index < -0.39 is 7.26 Å². The molecule has 0 nitrogen and oxygen atoms in total. The van der Waals surface area contributed by atoms with Gasteiger partial charge in [-0.15, -0.1) is 0 Å². The fraction of sp³-hybridized carbons (Fsp3) is 0.100. The third kappa shape index (κ3) is 2.58. The predicted molar refractivity (Wildman–Crippen MR) is 100 cm³/mol. The van der Waals surface area contributed by atoms with Gasteiger partial charge < -0.3 is 0 Å². The van der Waals surface area contributed by atoms with Crippen LogP contribution in [0.1, 0.15) is 6.92 Å². The number of benzene rings is 3. The van der Waals surface area contributed by atoms with Crippen LogP contribution in [0.25, 0.3) is 0 Å². The number of rotatable bonds is 4. The minimum Gasteiger partial charge on any atom is -0.0776 e. The van der Waals surface area contributed by atoms with Crippen molar-refractivity contribution in [1.29, 1.82) is 0 Å². The molecule has 0 aliphatic rings. The Morgan fingerprint density at radius 1 is 0.591 bits per heavy atom. The molecule has 0 spiro atoms. The first-order valence-electron chi connectivity index (χ1n) is 7.46. The Labute approximate surface area is 138 Å². The van der Waals surface area contributed by atoms with Crippen LogP contribution in [0.2, 0.25) is 0 Å². The van der Waals surface area contributed by atoms with E-state index in [0.29, 0.717) is 0 Å². The van der Waals surface area contributed by atoms with Crippen LogP contribution in [0.3, 0.4) is 0 Å². The van der Waals surface area contributed by atoms with E-state index in [-0.39, 0.29) is 5.12 Å². The lowest BCUT2D eigenvalue weighted by Crippen LogP contribution is -2.35. The minimum absolute atomic E-state index is 0.0275. The summed E-state index contributed by atoms with van der Waals surface area (Å²) in [5.74, 6) is 0. The maximum atomic E-state index is 6.85. The van der Waals surface area contributed by atoms with Gasteiger partial charge in [0.2, 0.25) is 0 Å². The standard InChI is InChI=1S/C20H19ClP/c1-17(21)22(18-11-5-2-6-12-18,19-13-7-3-8-14-19)20-15-9-4-10-16-20/h2-17H,1H3/q+1/t17-/m1/s1. The van der Waals surface area contributed by atoms with E-state index in [0.717, 1.165) is 0 Å². The largest absolute Gasteiger partial charge is 0.153 e. The molecule has 0 radical (unpaired) electrons. The van der Waals surface area contributed by atoms with Crippen LogP contribution < -0.4 is 15.9 Å². The monoisotopic (exact) mass is 325 g/mol. The van der Waals surface area contributed by atoms with Gasteiger partial charge in [0.05, 0.1) is 0 Å². The van der Waals surface area contributed by atoms with E-state index in [4.69, 9.17) is 11.6 Å². The second-order valence-electron chi connectivity index (χ2n) is 5.30. The van der Waals surface area contributed by atoms with Gasteiger partial charge in [0.25, 0.3) is 0 Å². The highest BCUT2D eigenvalue weighted by molar-refractivity contribution is 7.97. The second-order valence-corrected chi connectivity index (χ2v) is 10.0. The van der Waals surface area contributed by atoms with Gasteiger partial charge in [-0.1, -0.05) is 66.2 Å². The normalized spacial score (nSPS) is 12.8. The van der Waals surface area contributed by atoms with Crippen molar-refractivity contribution in [2.24, 2.45) is 0 Å².